The zero-order valence-electron chi connectivity index (χ0n) is 17.1. The Kier molecular flexibility index (Phi) is 8.88. The van der Waals surface area contributed by atoms with Crippen LogP contribution in [0.25, 0.3) is 0 Å². The van der Waals surface area contributed by atoms with E-state index in [-0.39, 0.29) is 17.4 Å². The molecule has 0 aliphatic carbocycles. The van der Waals surface area contributed by atoms with Crippen molar-refractivity contribution in [1.82, 2.24) is 4.72 Å². The number of benzene rings is 2. The number of thioether (sulfide) groups is 1. The van der Waals surface area contributed by atoms with Gasteiger partial charge in [0.1, 0.15) is 0 Å². The summed E-state index contributed by atoms with van der Waals surface area (Å²) in [5.74, 6) is -0.394. The van der Waals surface area contributed by atoms with E-state index in [0.29, 0.717) is 11.4 Å². The lowest BCUT2D eigenvalue weighted by Gasteiger charge is -2.14. The second-order valence-corrected chi connectivity index (χ2v) is 9.72. The van der Waals surface area contributed by atoms with E-state index in [1.807, 2.05) is 30.3 Å². The van der Waals surface area contributed by atoms with E-state index < -0.39 is 28.0 Å². The van der Waals surface area contributed by atoms with Crippen LogP contribution in [0.5, 0.6) is 0 Å². The van der Waals surface area contributed by atoms with Gasteiger partial charge in [0.2, 0.25) is 10.0 Å². The number of nitrogens with one attached hydrogen (secondary N) is 2. The van der Waals surface area contributed by atoms with Crippen LogP contribution in [-0.4, -0.2) is 38.2 Å². The molecule has 2 N–H and O–H groups in total. The van der Waals surface area contributed by atoms with E-state index in [4.69, 9.17) is 4.74 Å². The van der Waals surface area contributed by atoms with E-state index in [2.05, 4.69) is 10.0 Å². The number of anilines is 1. The number of ether oxygens (including phenoxy) is 1. The molecule has 7 nitrogen and oxygen atoms in total. The fourth-order valence-electron chi connectivity index (χ4n) is 2.42. The van der Waals surface area contributed by atoms with Crippen molar-refractivity contribution in [3.63, 3.8) is 0 Å². The van der Waals surface area contributed by atoms with Gasteiger partial charge < -0.3 is 10.1 Å². The number of hydrogen-bond acceptors (Lipinski definition) is 6. The maximum Gasteiger partial charge on any atom is 0.307 e. The molecule has 0 saturated carbocycles. The van der Waals surface area contributed by atoms with Crippen molar-refractivity contribution in [2.45, 2.75) is 49.1 Å². The van der Waals surface area contributed by atoms with Gasteiger partial charge in [-0.3, -0.25) is 9.59 Å². The molecule has 162 valence electrons. The largest absolute Gasteiger partial charge is 0.453 e. The molecular weight excluding hydrogens is 424 g/mol. The molecule has 0 spiro atoms. The van der Waals surface area contributed by atoms with E-state index in [0.717, 1.165) is 4.90 Å². The van der Waals surface area contributed by atoms with Crippen LogP contribution in [0.1, 0.15) is 27.2 Å². The van der Waals surface area contributed by atoms with Gasteiger partial charge >= 0.3 is 5.97 Å². The molecule has 2 rings (SSSR count). The first-order valence-corrected chi connectivity index (χ1v) is 11.9. The van der Waals surface area contributed by atoms with Crippen LogP contribution in [-0.2, 0) is 24.3 Å². The van der Waals surface area contributed by atoms with E-state index in [1.54, 1.807) is 13.8 Å². The van der Waals surface area contributed by atoms with Gasteiger partial charge in [0.15, 0.2) is 6.10 Å². The summed E-state index contributed by atoms with van der Waals surface area (Å²) >= 11 is 1.54. The maximum atomic E-state index is 12.2. The third-order valence-corrected chi connectivity index (χ3v) is 6.51. The average Bonchev–Trinajstić information content (AvgIpc) is 2.68. The molecule has 0 aliphatic rings. The molecule has 9 heteroatoms. The highest BCUT2D eigenvalue weighted by molar-refractivity contribution is 7.99. The van der Waals surface area contributed by atoms with Crippen molar-refractivity contribution in [3.8, 4) is 0 Å². The molecule has 1 amide bonds. The molecule has 1 unspecified atom stereocenters. The van der Waals surface area contributed by atoms with Gasteiger partial charge in [-0.05, 0) is 57.2 Å². The topological polar surface area (TPSA) is 102 Å². The first kappa shape index (κ1) is 23.9. The molecule has 0 saturated heterocycles. The zero-order valence-corrected chi connectivity index (χ0v) is 18.8. The van der Waals surface area contributed by atoms with Crippen molar-refractivity contribution in [2.24, 2.45) is 0 Å². The minimum absolute atomic E-state index is 0.101. The van der Waals surface area contributed by atoms with E-state index >= 15 is 0 Å². The lowest BCUT2D eigenvalue weighted by Crippen LogP contribution is -2.30. The number of carbonyl (C=O) groups is 2. The number of carbonyl (C=O) groups excluding carboxylic acids is 2. The zero-order chi connectivity index (χ0) is 22.1. The Morgan fingerprint density at radius 1 is 1.00 bits per heavy atom. The molecule has 1 atom stereocenters. The van der Waals surface area contributed by atoms with Crippen molar-refractivity contribution in [3.05, 3.63) is 54.6 Å². The normalized spacial score (nSPS) is 12.4. The highest BCUT2D eigenvalue weighted by Crippen LogP contribution is 2.18. The van der Waals surface area contributed by atoms with Crippen LogP contribution in [0.3, 0.4) is 0 Å². The van der Waals surface area contributed by atoms with Gasteiger partial charge in [0.05, 0.1) is 11.3 Å². The lowest BCUT2D eigenvalue weighted by atomic mass is 10.3. The predicted octanol–water partition coefficient (Wildman–Crippen LogP) is 3.43. The van der Waals surface area contributed by atoms with Gasteiger partial charge in [0, 0.05) is 22.4 Å². The third kappa shape index (κ3) is 7.81. The molecule has 2 aromatic rings. The Balaban J connectivity index is 1.81. The number of amides is 1. The Labute approximate surface area is 181 Å². The summed E-state index contributed by atoms with van der Waals surface area (Å²) in [5, 5.41) is 2.61. The van der Waals surface area contributed by atoms with E-state index in [9.17, 15) is 18.0 Å². The molecule has 2 aromatic carbocycles. The summed E-state index contributed by atoms with van der Waals surface area (Å²) in [7, 11) is -3.60. The second kappa shape index (κ2) is 11.1. The standard InChI is InChI=1S/C21H26N2O5S2/c1-15(2)23-30(26,27)19-11-9-17(10-12-19)22-21(25)16(3)28-20(24)13-14-29-18-7-5-4-6-8-18/h4-12,15-16,23H,13-14H2,1-3H3,(H,22,25). The summed E-state index contributed by atoms with van der Waals surface area (Å²) in [6.45, 7) is 4.95. The first-order valence-electron chi connectivity index (χ1n) is 9.48. The van der Waals surface area contributed by atoms with Gasteiger partial charge in [-0.15, -0.1) is 11.8 Å². The Hall–Kier alpha value is -2.36. The van der Waals surface area contributed by atoms with Crippen molar-refractivity contribution < 1.29 is 22.7 Å². The number of esters is 1. The van der Waals surface area contributed by atoms with Crippen LogP contribution in [0.4, 0.5) is 5.69 Å². The fraction of sp³-hybridized carbons (Fsp3) is 0.333. The highest BCUT2D eigenvalue weighted by Gasteiger charge is 2.19. The summed E-state index contributed by atoms with van der Waals surface area (Å²) in [6, 6.07) is 15.2. The van der Waals surface area contributed by atoms with Gasteiger partial charge in [-0.2, -0.15) is 0 Å². The number of rotatable bonds is 10. The Morgan fingerprint density at radius 3 is 2.23 bits per heavy atom. The maximum absolute atomic E-state index is 12.2. The fourth-order valence-corrected chi connectivity index (χ4v) is 4.52. The van der Waals surface area contributed by atoms with Crippen LogP contribution in [0.2, 0.25) is 0 Å². The van der Waals surface area contributed by atoms with E-state index in [1.165, 1.54) is 43.0 Å². The van der Waals surface area contributed by atoms with Gasteiger partial charge in [-0.25, -0.2) is 13.1 Å². The molecule has 0 fully saturated rings. The van der Waals surface area contributed by atoms with Crippen LogP contribution in [0.15, 0.2) is 64.4 Å². The molecule has 0 bridgehead atoms. The quantitative estimate of drug-likeness (QED) is 0.425. The number of hydrogen-bond donors (Lipinski definition) is 2. The number of sulfonamides is 1. The van der Waals surface area contributed by atoms with Crippen LogP contribution in [0, 0.1) is 0 Å². The molecule has 0 aliphatic heterocycles. The highest BCUT2D eigenvalue weighted by atomic mass is 32.2. The second-order valence-electron chi connectivity index (χ2n) is 6.83. The van der Waals surface area contributed by atoms with Crippen molar-refractivity contribution in [1.29, 1.82) is 0 Å². The molecule has 0 radical (unpaired) electrons. The average molecular weight is 451 g/mol. The summed E-state index contributed by atoms with van der Waals surface area (Å²) < 4.78 is 31.9. The SMILES string of the molecule is CC(C)NS(=O)(=O)c1ccc(NC(=O)C(C)OC(=O)CCSc2ccccc2)cc1. The molecule has 0 aromatic heterocycles. The predicted molar refractivity (Wildman–Crippen MR) is 118 cm³/mol. The molecular formula is C21H26N2O5S2. The lowest BCUT2D eigenvalue weighted by molar-refractivity contribution is -0.152. The smallest absolute Gasteiger partial charge is 0.307 e. The minimum atomic E-state index is -3.60. The summed E-state index contributed by atoms with van der Waals surface area (Å²) in [4.78, 5) is 25.4. The summed E-state index contributed by atoms with van der Waals surface area (Å²) in [6.07, 6.45) is -0.780. The third-order valence-electron chi connectivity index (χ3n) is 3.82. The van der Waals surface area contributed by atoms with Crippen LogP contribution < -0.4 is 10.0 Å². The molecule has 30 heavy (non-hydrogen) atoms. The van der Waals surface area contributed by atoms with Gasteiger partial charge in [-0.1, -0.05) is 18.2 Å². The van der Waals surface area contributed by atoms with Gasteiger partial charge in [0.25, 0.3) is 5.91 Å². The Morgan fingerprint density at radius 2 is 1.63 bits per heavy atom. The van der Waals surface area contributed by atoms with Crippen LogP contribution >= 0.6 is 11.8 Å². The first-order chi connectivity index (χ1) is 14.2. The molecule has 0 heterocycles. The minimum Gasteiger partial charge on any atom is -0.453 e. The van der Waals surface area contributed by atoms with Crippen molar-refractivity contribution in [2.75, 3.05) is 11.1 Å². The summed E-state index contributed by atoms with van der Waals surface area (Å²) in [5.41, 5.74) is 0.408. The van der Waals surface area contributed by atoms with Crippen molar-refractivity contribution >= 4 is 39.3 Å². The monoisotopic (exact) mass is 450 g/mol. The Bertz CT molecular complexity index is 945.